The van der Waals surface area contributed by atoms with Crippen molar-refractivity contribution >= 4 is 9.84 Å². The molecule has 2 saturated heterocycles. The van der Waals surface area contributed by atoms with Gasteiger partial charge in [0.25, 0.3) is 0 Å². The fourth-order valence-corrected chi connectivity index (χ4v) is 5.72. The number of benzene rings is 1. The zero-order chi connectivity index (χ0) is 19.6. The van der Waals surface area contributed by atoms with Gasteiger partial charge in [0.15, 0.2) is 9.84 Å². The van der Waals surface area contributed by atoms with Crippen LogP contribution in [0.3, 0.4) is 0 Å². The van der Waals surface area contributed by atoms with Crippen molar-refractivity contribution in [1.29, 1.82) is 0 Å². The first-order chi connectivity index (χ1) is 13.5. The predicted octanol–water partition coefficient (Wildman–Crippen LogP) is 2.47. The van der Waals surface area contributed by atoms with Crippen LogP contribution in [-0.4, -0.2) is 60.3 Å². The summed E-state index contributed by atoms with van der Waals surface area (Å²) in [6.45, 7) is 4.04. The van der Waals surface area contributed by atoms with Crippen LogP contribution in [0.4, 0.5) is 0 Å². The van der Waals surface area contributed by atoms with Gasteiger partial charge >= 0.3 is 0 Å². The number of rotatable bonds is 7. The van der Waals surface area contributed by atoms with Gasteiger partial charge in [0, 0.05) is 24.8 Å². The molecule has 0 aliphatic carbocycles. The lowest BCUT2D eigenvalue weighted by atomic mass is 10.1. The van der Waals surface area contributed by atoms with Crippen LogP contribution in [0.1, 0.15) is 37.6 Å². The van der Waals surface area contributed by atoms with Crippen LogP contribution in [0.15, 0.2) is 28.8 Å². The smallest absolute Gasteiger partial charge is 0.241 e. The van der Waals surface area contributed by atoms with E-state index in [1.54, 1.807) is 0 Å². The number of sulfone groups is 1. The maximum absolute atomic E-state index is 12.0. The summed E-state index contributed by atoms with van der Waals surface area (Å²) in [5, 5.41) is 4.12. The van der Waals surface area contributed by atoms with Crippen molar-refractivity contribution in [3.8, 4) is 11.4 Å². The average Bonchev–Trinajstić information content (AvgIpc) is 3.43. The lowest BCUT2D eigenvalue weighted by Gasteiger charge is -2.28. The molecule has 152 valence electrons. The molecule has 1 aromatic carbocycles. The highest BCUT2D eigenvalue weighted by molar-refractivity contribution is 7.91. The average molecular weight is 406 g/mol. The Kier molecular flexibility index (Phi) is 5.80. The number of hydrogen-bond acceptors (Lipinski definition) is 7. The van der Waals surface area contributed by atoms with Crippen LogP contribution in [0.5, 0.6) is 0 Å². The van der Waals surface area contributed by atoms with Gasteiger partial charge < -0.3 is 9.26 Å². The molecule has 0 bridgehead atoms. The van der Waals surface area contributed by atoms with E-state index in [0.717, 1.165) is 31.4 Å². The molecule has 2 aliphatic heterocycles. The first kappa shape index (κ1) is 19.5. The fourth-order valence-electron chi connectivity index (χ4n) is 3.96. The molecule has 0 radical (unpaired) electrons. The van der Waals surface area contributed by atoms with Gasteiger partial charge in [0.2, 0.25) is 11.7 Å². The number of aromatic nitrogens is 2. The second-order valence-corrected chi connectivity index (χ2v) is 9.91. The minimum Gasteiger partial charge on any atom is -0.377 e. The van der Waals surface area contributed by atoms with Gasteiger partial charge in [-0.05, 0) is 31.2 Å². The van der Waals surface area contributed by atoms with Gasteiger partial charge in [-0.25, -0.2) is 8.42 Å². The minimum atomic E-state index is -2.96. The molecule has 0 spiro atoms. The van der Waals surface area contributed by atoms with E-state index in [1.165, 1.54) is 5.56 Å². The number of hydrogen-bond donors (Lipinski definition) is 0. The van der Waals surface area contributed by atoms with Gasteiger partial charge in [-0.15, -0.1) is 0 Å². The second kappa shape index (κ2) is 8.31. The van der Waals surface area contributed by atoms with Crippen LogP contribution < -0.4 is 0 Å². The topological polar surface area (TPSA) is 85.5 Å². The molecule has 3 heterocycles. The fraction of sp³-hybridized carbons (Fsp3) is 0.600. The summed E-state index contributed by atoms with van der Waals surface area (Å²) in [5.41, 5.74) is 2.18. The van der Waals surface area contributed by atoms with Gasteiger partial charge in [-0.3, -0.25) is 4.90 Å². The molecule has 4 rings (SSSR count). The molecule has 2 unspecified atom stereocenters. The quantitative estimate of drug-likeness (QED) is 0.699. The summed E-state index contributed by atoms with van der Waals surface area (Å²) >= 11 is 0. The van der Waals surface area contributed by atoms with Crippen LogP contribution in [0.2, 0.25) is 0 Å². The Balaban J connectivity index is 1.48. The minimum absolute atomic E-state index is 0.0200. The maximum Gasteiger partial charge on any atom is 0.241 e. The van der Waals surface area contributed by atoms with Crippen molar-refractivity contribution in [2.75, 3.05) is 24.7 Å². The number of ether oxygens (including phenoxy) is 1. The normalized spacial score (nSPS) is 24.2. The molecule has 0 amide bonds. The highest BCUT2D eigenvalue weighted by atomic mass is 32.2. The molecule has 7 nitrogen and oxygen atoms in total. The molecule has 28 heavy (non-hydrogen) atoms. The van der Waals surface area contributed by atoms with Crippen molar-refractivity contribution in [3.05, 3.63) is 35.7 Å². The standard InChI is InChI=1S/C20H27N3O4S/c1-2-15-5-7-16(8-6-15)20-21-19(27-22-20)13-23(12-18-4-3-10-26-18)17-9-11-28(24,25)14-17/h5-8,17-18H,2-4,9-14H2,1H3. The van der Waals surface area contributed by atoms with Crippen molar-refractivity contribution in [2.45, 2.75) is 51.3 Å². The Morgan fingerprint density at radius 1 is 1.21 bits per heavy atom. The molecule has 8 heteroatoms. The van der Waals surface area contributed by atoms with E-state index in [4.69, 9.17) is 9.26 Å². The van der Waals surface area contributed by atoms with Crippen LogP contribution in [0.25, 0.3) is 11.4 Å². The number of aryl methyl sites for hydroxylation is 1. The lowest BCUT2D eigenvalue weighted by Crippen LogP contribution is -2.40. The third-order valence-electron chi connectivity index (χ3n) is 5.61. The van der Waals surface area contributed by atoms with Gasteiger partial charge in [0.05, 0.1) is 24.2 Å². The lowest BCUT2D eigenvalue weighted by molar-refractivity contribution is 0.0529. The van der Waals surface area contributed by atoms with Gasteiger partial charge in [-0.2, -0.15) is 4.98 Å². The third-order valence-corrected chi connectivity index (χ3v) is 7.36. The zero-order valence-corrected chi connectivity index (χ0v) is 17.0. The maximum atomic E-state index is 12.0. The first-order valence-corrected chi connectivity index (χ1v) is 11.8. The summed E-state index contributed by atoms with van der Waals surface area (Å²) in [6.07, 6.45) is 3.84. The molecule has 0 saturated carbocycles. The van der Waals surface area contributed by atoms with E-state index in [-0.39, 0.29) is 23.7 Å². The van der Waals surface area contributed by atoms with E-state index in [2.05, 4.69) is 34.1 Å². The third kappa shape index (κ3) is 4.61. The van der Waals surface area contributed by atoms with Crippen molar-refractivity contribution in [2.24, 2.45) is 0 Å². The Bertz CT molecular complexity index is 888. The molecule has 2 fully saturated rings. The summed E-state index contributed by atoms with van der Waals surface area (Å²) < 4.78 is 35.2. The van der Waals surface area contributed by atoms with E-state index < -0.39 is 9.84 Å². The van der Waals surface area contributed by atoms with Crippen LogP contribution in [-0.2, 0) is 27.5 Å². The van der Waals surface area contributed by atoms with Gasteiger partial charge in [0.1, 0.15) is 0 Å². The zero-order valence-electron chi connectivity index (χ0n) is 16.2. The van der Waals surface area contributed by atoms with Crippen molar-refractivity contribution in [1.82, 2.24) is 15.0 Å². The van der Waals surface area contributed by atoms with Crippen LogP contribution in [0, 0.1) is 0 Å². The Hall–Kier alpha value is -1.77. The van der Waals surface area contributed by atoms with E-state index in [9.17, 15) is 8.42 Å². The van der Waals surface area contributed by atoms with Crippen molar-refractivity contribution < 1.29 is 17.7 Å². The molecule has 0 N–H and O–H groups in total. The predicted molar refractivity (Wildman–Crippen MR) is 106 cm³/mol. The Morgan fingerprint density at radius 2 is 2.04 bits per heavy atom. The molecular weight excluding hydrogens is 378 g/mol. The summed E-state index contributed by atoms with van der Waals surface area (Å²) in [6, 6.07) is 8.12. The molecule has 2 atom stereocenters. The van der Waals surface area contributed by atoms with E-state index in [1.807, 2.05) is 12.1 Å². The second-order valence-electron chi connectivity index (χ2n) is 7.68. The SMILES string of the molecule is CCc1ccc(-c2noc(CN(CC3CCCO3)C3CCS(=O)(=O)C3)n2)cc1. The summed E-state index contributed by atoms with van der Waals surface area (Å²) in [5.74, 6) is 1.52. The summed E-state index contributed by atoms with van der Waals surface area (Å²) in [4.78, 5) is 6.70. The highest BCUT2D eigenvalue weighted by Crippen LogP contribution is 2.24. The van der Waals surface area contributed by atoms with E-state index >= 15 is 0 Å². The monoisotopic (exact) mass is 405 g/mol. The molecule has 2 aromatic rings. The Morgan fingerprint density at radius 3 is 2.68 bits per heavy atom. The first-order valence-electron chi connectivity index (χ1n) is 10.0. The van der Waals surface area contributed by atoms with Crippen molar-refractivity contribution in [3.63, 3.8) is 0 Å². The van der Waals surface area contributed by atoms with Gasteiger partial charge in [-0.1, -0.05) is 36.3 Å². The highest BCUT2D eigenvalue weighted by Gasteiger charge is 2.34. The largest absolute Gasteiger partial charge is 0.377 e. The molecule has 1 aromatic heterocycles. The number of nitrogens with zero attached hydrogens (tertiary/aromatic N) is 3. The molecular formula is C20H27N3O4S. The molecule has 2 aliphatic rings. The summed E-state index contributed by atoms with van der Waals surface area (Å²) in [7, 11) is -2.96. The van der Waals surface area contributed by atoms with E-state index in [0.29, 0.717) is 31.2 Å². The van der Waals surface area contributed by atoms with Crippen LogP contribution >= 0.6 is 0 Å². The Labute approximate surface area is 166 Å².